The van der Waals surface area contributed by atoms with Crippen LogP contribution in [0.15, 0.2) is 35.1 Å². The molecule has 8 nitrogen and oxygen atoms in total. The molecule has 0 radical (unpaired) electrons. The molecule has 0 bridgehead atoms. The minimum absolute atomic E-state index is 0.127. The van der Waals surface area contributed by atoms with Gasteiger partial charge in [-0.3, -0.25) is 14.3 Å². The van der Waals surface area contributed by atoms with E-state index in [9.17, 15) is 14.4 Å². The molecule has 30 heavy (non-hydrogen) atoms. The van der Waals surface area contributed by atoms with E-state index in [1.165, 1.54) is 4.68 Å². The third-order valence-electron chi connectivity index (χ3n) is 4.57. The Bertz CT molecular complexity index is 966. The maximum Gasteiger partial charge on any atom is 0.407 e. The molecule has 0 aliphatic rings. The number of ether oxygens (including phenoxy) is 1. The fraction of sp³-hybridized carbons (Fsp3) is 0.500. The molecule has 8 heteroatoms. The second-order valence-corrected chi connectivity index (χ2v) is 9.18. The number of anilines is 1. The topological polar surface area (TPSA) is 94.4 Å². The first-order valence-corrected chi connectivity index (χ1v) is 9.91. The molecule has 2 aromatic rings. The molecule has 0 spiro atoms. The highest BCUT2D eigenvalue weighted by molar-refractivity contribution is 5.91. The summed E-state index contributed by atoms with van der Waals surface area (Å²) in [5.41, 5.74) is 0.218. The van der Waals surface area contributed by atoms with Crippen LogP contribution in [0, 0.1) is 12.3 Å². The second-order valence-electron chi connectivity index (χ2n) is 9.18. The zero-order valence-corrected chi connectivity index (χ0v) is 18.8. The van der Waals surface area contributed by atoms with Gasteiger partial charge in [-0.15, -0.1) is 0 Å². The fourth-order valence-electron chi connectivity index (χ4n) is 3.02. The number of aromatic nitrogens is 2. The normalized spacial score (nSPS) is 11.8. The van der Waals surface area contributed by atoms with Crippen molar-refractivity contribution in [2.75, 3.05) is 11.9 Å². The van der Waals surface area contributed by atoms with Crippen LogP contribution in [0.25, 0.3) is 5.69 Å². The van der Waals surface area contributed by atoms with E-state index in [-0.39, 0.29) is 30.1 Å². The van der Waals surface area contributed by atoms with Crippen molar-refractivity contribution in [2.45, 2.75) is 53.6 Å². The molecule has 1 aromatic heterocycles. The van der Waals surface area contributed by atoms with Gasteiger partial charge in [0.25, 0.3) is 5.56 Å². The van der Waals surface area contributed by atoms with Crippen molar-refractivity contribution in [2.24, 2.45) is 12.5 Å². The molecule has 0 saturated carbocycles. The molecule has 2 N–H and O–H groups in total. The van der Waals surface area contributed by atoms with Crippen LogP contribution in [0.2, 0.25) is 0 Å². The van der Waals surface area contributed by atoms with Gasteiger partial charge in [0.1, 0.15) is 11.3 Å². The van der Waals surface area contributed by atoms with Crippen molar-refractivity contribution in [3.05, 3.63) is 46.4 Å². The number of para-hydroxylation sites is 1. The lowest BCUT2D eigenvalue weighted by atomic mass is 9.89. The number of nitrogens with one attached hydrogen (secondary N) is 2. The van der Waals surface area contributed by atoms with Gasteiger partial charge >= 0.3 is 6.09 Å². The standard InChI is InChI=1S/C22H32N4O4/c1-15-18(19(28)26(25(15)7)16-11-9-8-10-12-16)24-17(27)13-22(5,6)14-23-20(29)30-21(2,3)4/h8-12H,13-14H2,1-7H3,(H,23,29)(H,24,27). The highest BCUT2D eigenvalue weighted by Gasteiger charge is 2.26. The molecule has 0 fully saturated rings. The van der Waals surface area contributed by atoms with Crippen LogP contribution in [0.3, 0.4) is 0 Å². The SMILES string of the molecule is Cc1c(NC(=O)CC(C)(C)CNC(=O)OC(C)(C)C)c(=O)n(-c2ccccc2)n1C. The van der Waals surface area contributed by atoms with Crippen molar-refractivity contribution < 1.29 is 14.3 Å². The van der Waals surface area contributed by atoms with Gasteiger partial charge in [0.2, 0.25) is 5.91 Å². The number of rotatable bonds is 6. The van der Waals surface area contributed by atoms with E-state index in [1.54, 1.807) is 39.4 Å². The number of alkyl carbamates (subject to hydrolysis) is 1. The lowest BCUT2D eigenvalue weighted by molar-refractivity contribution is -0.118. The van der Waals surface area contributed by atoms with E-state index in [1.807, 2.05) is 44.2 Å². The molecule has 0 unspecified atom stereocenters. The predicted molar refractivity (Wildman–Crippen MR) is 117 cm³/mol. The minimum atomic E-state index is -0.588. The maximum absolute atomic E-state index is 12.9. The van der Waals surface area contributed by atoms with Gasteiger partial charge in [-0.1, -0.05) is 32.0 Å². The molecule has 1 heterocycles. The Labute approximate surface area is 177 Å². The number of benzene rings is 1. The summed E-state index contributed by atoms with van der Waals surface area (Å²) in [7, 11) is 1.77. The predicted octanol–water partition coefficient (Wildman–Crippen LogP) is 3.36. The summed E-state index contributed by atoms with van der Waals surface area (Å²) in [6, 6.07) is 9.24. The molecule has 0 aliphatic heterocycles. The zero-order valence-electron chi connectivity index (χ0n) is 18.8. The first-order chi connectivity index (χ1) is 13.8. The molecular weight excluding hydrogens is 384 g/mol. The van der Waals surface area contributed by atoms with E-state index in [0.29, 0.717) is 5.69 Å². The van der Waals surface area contributed by atoms with Gasteiger partial charge in [-0.05, 0) is 45.2 Å². The Morgan fingerprint density at radius 3 is 2.23 bits per heavy atom. The Morgan fingerprint density at radius 1 is 1.07 bits per heavy atom. The van der Waals surface area contributed by atoms with Crippen LogP contribution in [-0.2, 0) is 16.6 Å². The van der Waals surface area contributed by atoms with E-state index in [2.05, 4.69) is 10.6 Å². The van der Waals surface area contributed by atoms with Crippen LogP contribution >= 0.6 is 0 Å². The van der Waals surface area contributed by atoms with Gasteiger partial charge in [-0.2, -0.15) is 0 Å². The number of carbonyl (C=O) groups is 2. The Kier molecular flexibility index (Phi) is 6.80. The first-order valence-electron chi connectivity index (χ1n) is 9.91. The summed E-state index contributed by atoms with van der Waals surface area (Å²) in [4.78, 5) is 37.4. The number of hydrogen-bond acceptors (Lipinski definition) is 4. The fourth-order valence-corrected chi connectivity index (χ4v) is 3.02. The van der Waals surface area contributed by atoms with Gasteiger partial charge < -0.3 is 15.4 Å². The largest absolute Gasteiger partial charge is 0.444 e. The summed E-state index contributed by atoms with van der Waals surface area (Å²) >= 11 is 0. The van der Waals surface area contributed by atoms with E-state index < -0.39 is 17.1 Å². The second kappa shape index (κ2) is 8.77. The van der Waals surface area contributed by atoms with E-state index in [0.717, 1.165) is 5.69 Å². The smallest absolute Gasteiger partial charge is 0.407 e. The Hall–Kier alpha value is -3.03. The van der Waals surface area contributed by atoms with Crippen LogP contribution in [-0.4, -0.2) is 33.5 Å². The van der Waals surface area contributed by atoms with Crippen molar-refractivity contribution >= 4 is 17.7 Å². The molecule has 2 amide bonds. The van der Waals surface area contributed by atoms with Crippen molar-refractivity contribution in [1.82, 2.24) is 14.7 Å². The van der Waals surface area contributed by atoms with Crippen molar-refractivity contribution in [1.29, 1.82) is 0 Å². The molecule has 0 aliphatic carbocycles. The molecule has 164 valence electrons. The summed E-state index contributed by atoms with van der Waals surface area (Å²) in [5, 5.41) is 5.45. The van der Waals surface area contributed by atoms with E-state index >= 15 is 0 Å². The molecule has 2 rings (SSSR count). The number of carbonyl (C=O) groups excluding carboxylic acids is 2. The lowest BCUT2D eigenvalue weighted by Gasteiger charge is -2.26. The van der Waals surface area contributed by atoms with Crippen LogP contribution in [0.5, 0.6) is 0 Å². The molecule has 0 saturated heterocycles. The van der Waals surface area contributed by atoms with E-state index in [4.69, 9.17) is 4.74 Å². The van der Waals surface area contributed by atoms with Gasteiger partial charge in [0.15, 0.2) is 0 Å². The van der Waals surface area contributed by atoms with Crippen LogP contribution in [0.1, 0.15) is 46.7 Å². The summed E-state index contributed by atoms with van der Waals surface area (Å²) in [5.74, 6) is -0.294. The van der Waals surface area contributed by atoms with Gasteiger partial charge in [0, 0.05) is 20.0 Å². The third-order valence-corrected chi connectivity index (χ3v) is 4.57. The summed E-state index contributed by atoms with van der Waals surface area (Å²) < 4.78 is 8.45. The summed E-state index contributed by atoms with van der Waals surface area (Å²) in [6.45, 7) is 11.1. The number of hydrogen-bond donors (Lipinski definition) is 2. The Morgan fingerprint density at radius 2 is 1.67 bits per heavy atom. The molecule has 1 aromatic carbocycles. The first kappa shape index (κ1) is 23.3. The van der Waals surface area contributed by atoms with Gasteiger partial charge in [0.05, 0.1) is 11.4 Å². The highest BCUT2D eigenvalue weighted by atomic mass is 16.6. The van der Waals surface area contributed by atoms with Gasteiger partial charge in [-0.25, -0.2) is 9.48 Å². The highest BCUT2D eigenvalue weighted by Crippen LogP contribution is 2.21. The van der Waals surface area contributed by atoms with Crippen molar-refractivity contribution in [3.63, 3.8) is 0 Å². The lowest BCUT2D eigenvalue weighted by Crippen LogP contribution is -2.39. The van der Waals surface area contributed by atoms with Crippen LogP contribution < -0.4 is 16.2 Å². The number of amides is 2. The Balaban J connectivity index is 2.08. The quantitative estimate of drug-likeness (QED) is 0.755. The molecule has 0 atom stereocenters. The molecular formula is C22H32N4O4. The van der Waals surface area contributed by atoms with Crippen molar-refractivity contribution in [3.8, 4) is 5.69 Å². The van der Waals surface area contributed by atoms with Crippen LogP contribution in [0.4, 0.5) is 10.5 Å². The average molecular weight is 417 g/mol. The zero-order chi connectivity index (χ0) is 22.7. The third kappa shape index (κ3) is 5.98. The monoisotopic (exact) mass is 416 g/mol. The average Bonchev–Trinajstić information content (AvgIpc) is 2.82. The summed E-state index contributed by atoms with van der Waals surface area (Å²) in [6.07, 6.45) is -0.400. The minimum Gasteiger partial charge on any atom is -0.444 e. The maximum atomic E-state index is 12.9. The number of nitrogens with zero attached hydrogens (tertiary/aromatic N) is 2.